The first-order valence-electron chi connectivity index (χ1n) is 10.2. The maximum absolute atomic E-state index is 13.7. The third kappa shape index (κ3) is 3.43. The van der Waals surface area contributed by atoms with Crippen LogP contribution in [0.25, 0.3) is 33.5 Å². The van der Waals surface area contributed by atoms with Crippen molar-refractivity contribution in [2.24, 2.45) is 7.05 Å². The molecule has 0 spiro atoms. The molecule has 1 aliphatic rings. The lowest BCUT2D eigenvalue weighted by Gasteiger charge is -2.28. The fourth-order valence-electron chi connectivity index (χ4n) is 4.19. The van der Waals surface area contributed by atoms with E-state index in [-0.39, 0.29) is 5.82 Å². The smallest absolute Gasteiger partial charge is 0.140 e. The Hall–Kier alpha value is -2.92. The fraction of sp³-hybridized carbons (Fsp3) is 0.250. The molecule has 1 fully saturated rings. The minimum absolute atomic E-state index is 0.269. The summed E-state index contributed by atoms with van der Waals surface area (Å²) in [5, 5.41) is 0.627. The summed E-state index contributed by atoms with van der Waals surface area (Å²) in [5.74, 6) is 1.44. The van der Waals surface area contributed by atoms with Crippen LogP contribution in [0.15, 0.2) is 54.7 Å². The van der Waals surface area contributed by atoms with Crippen LogP contribution in [0, 0.1) is 5.82 Å². The highest BCUT2D eigenvalue weighted by molar-refractivity contribution is 6.33. The maximum Gasteiger partial charge on any atom is 0.140 e. The highest BCUT2D eigenvalue weighted by Crippen LogP contribution is 2.34. The van der Waals surface area contributed by atoms with Crippen LogP contribution in [-0.4, -0.2) is 27.6 Å². The Balaban J connectivity index is 1.58. The van der Waals surface area contributed by atoms with Crippen molar-refractivity contribution < 1.29 is 4.39 Å². The third-order valence-electron chi connectivity index (χ3n) is 5.80. The Labute approximate surface area is 179 Å². The molecular weight excluding hydrogens is 399 g/mol. The number of anilines is 1. The molecule has 0 N–H and O–H groups in total. The summed E-state index contributed by atoms with van der Waals surface area (Å²) < 4.78 is 15.7. The van der Waals surface area contributed by atoms with E-state index >= 15 is 0 Å². The molecule has 6 heteroatoms. The minimum Gasteiger partial charge on any atom is -0.357 e. The van der Waals surface area contributed by atoms with Crippen LogP contribution >= 0.6 is 11.6 Å². The van der Waals surface area contributed by atoms with E-state index in [0.717, 1.165) is 52.5 Å². The van der Waals surface area contributed by atoms with Gasteiger partial charge in [-0.05, 0) is 55.2 Å². The molecule has 3 heterocycles. The number of hydrogen-bond donors (Lipinski definition) is 0. The maximum atomic E-state index is 13.7. The molecule has 152 valence electrons. The van der Waals surface area contributed by atoms with E-state index in [2.05, 4.69) is 22.0 Å². The van der Waals surface area contributed by atoms with Crippen LogP contribution in [0.3, 0.4) is 0 Å². The summed E-state index contributed by atoms with van der Waals surface area (Å²) in [6.45, 7) is 2.07. The first-order valence-corrected chi connectivity index (χ1v) is 10.6. The summed E-state index contributed by atoms with van der Waals surface area (Å²) in [4.78, 5) is 11.6. The van der Waals surface area contributed by atoms with E-state index in [4.69, 9.17) is 16.6 Å². The van der Waals surface area contributed by atoms with Gasteiger partial charge in [-0.25, -0.2) is 14.4 Å². The zero-order valence-corrected chi connectivity index (χ0v) is 17.5. The molecule has 1 saturated heterocycles. The van der Waals surface area contributed by atoms with Gasteiger partial charge in [0.1, 0.15) is 17.5 Å². The lowest BCUT2D eigenvalue weighted by molar-refractivity contribution is 0.573. The van der Waals surface area contributed by atoms with Crippen LogP contribution in [0.5, 0.6) is 0 Å². The zero-order chi connectivity index (χ0) is 20.7. The molecule has 0 radical (unpaired) electrons. The summed E-state index contributed by atoms with van der Waals surface area (Å²) in [5.41, 5.74) is 4.57. The Morgan fingerprint density at radius 3 is 2.60 bits per heavy atom. The minimum atomic E-state index is -0.269. The predicted octanol–water partition coefficient (Wildman–Crippen LogP) is 6.09. The van der Waals surface area contributed by atoms with Crippen molar-refractivity contribution in [3.05, 3.63) is 65.6 Å². The topological polar surface area (TPSA) is 34.0 Å². The first-order chi connectivity index (χ1) is 14.6. The van der Waals surface area contributed by atoms with E-state index in [0.29, 0.717) is 5.02 Å². The first kappa shape index (κ1) is 19.1. The molecule has 4 aromatic rings. The van der Waals surface area contributed by atoms with Crippen molar-refractivity contribution in [3.63, 3.8) is 0 Å². The van der Waals surface area contributed by atoms with Crippen molar-refractivity contribution >= 4 is 28.5 Å². The Kier molecular flexibility index (Phi) is 4.91. The van der Waals surface area contributed by atoms with Gasteiger partial charge in [-0.15, -0.1) is 0 Å². The standard InChI is InChI=1S/C24H22ClFN4/c1-29-22-13-16(8-9-21(22)28-24(29)17-6-5-7-18(26)12-17)19-14-23(27-15-20(19)25)30-10-3-2-4-11-30/h5-9,12-15H,2-4,10-11H2,1H3. The van der Waals surface area contributed by atoms with Gasteiger partial charge in [-0.3, -0.25) is 0 Å². The van der Waals surface area contributed by atoms with Crippen LogP contribution in [-0.2, 0) is 7.05 Å². The number of nitrogens with zero attached hydrogens (tertiary/aromatic N) is 4. The van der Waals surface area contributed by atoms with Crippen LogP contribution in [0.4, 0.5) is 10.2 Å². The average molecular weight is 421 g/mol. The molecule has 4 nitrogen and oxygen atoms in total. The zero-order valence-electron chi connectivity index (χ0n) is 16.8. The lowest BCUT2D eigenvalue weighted by Crippen LogP contribution is -2.30. The number of pyridine rings is 1. The molecule has 0 unspecified atom stereocenters. The molecule has 0 bridgehead atoms. The quantitative estimate of drug-likeness (QED) is 0.402. The van der Waals surface area contributed by atoms with Gasteiger partial charge in [0.05, 0.1) is 16.1 Å². The molecule has 0 amide bonds. The van der Waals surface area contributed by atoms with E-state index < -0.39 is 0 Å². The van der Waals surface area contributed by atoms with Gasteiger partial charge >= 0.3 is 0 Å². The van der Waals surface area contributed by atoms with Crippen molar-refractivity contribution in [2.75, 3.05) is 18.0 Å². The second-order valence-electron chi connectivity index (χ2n) is 7.78. The van der Waals surface area contributed by atoms with Crippen LogP contribution < -0.4 is 4.90 Å². The predicted molar refractivity (Wildman–Crippen MR) is 120 cm³/mol. The molecule has 5 rings (SSSR count). The Morgan fingerprint density at radius 2 is 1.80 bits per heavy atom. The van der Waals surface area contributed by atoms with Crippen LogP contribution in [0.2, 0.25) is 5.02 Å². The molecular formula is C24H22ClFN4. The third-order valence-corrected chi connectivity index (χ3v) is 6.10. The average Bonchev–Trinajstić information content (AvgIpc) is 3.11. The van der Waals surface area contributed by atoms with Crippen molar-refractivity contribution in [2.45, 2.75) is 19.3 Å². The van der Waals surface area contributed by atoms with Gasteiger partial charge in [-0.2, -0.15) is 0 Å². The number of rotatable bonds is 3. The molecule has 0 aliphatic carbocycles. The van der Waals surface area contributed by atoms with Crippen molar-refractivity contribution in [3.8, 4) is 22.5 Å². The number of fused-ring (bicyclic) bond motifs is 1. The molecule has 0 saturated carbocycles. The van der Waals surface area contributed by atoms with E-state index in [1.165, 1.54) is 31.4 Å². The largest absolute Gasteiger partial charge is 0.357 e. The highest BCUT2D eigenvalue weighted by Gasteiger charge is 2.16. The molecule has 2 aromatic heterocycles. The summed E-state index contributed by atoms with van der Waals surface area (Å²) in [7, 11) is 1.95. The van der Waals surface area contributed by atoms with E-state index in [1.807, 2.05) is 29.8 Å². The number of piperidine rings is 1. The normalized spacial score (nSPS) is 14.4. The number of halogens is 2. The number of imidazole rings is 1. The second kappa shape index (κ2) is 7.73. The van der Waals surface area contributed by atoms with Gasteiger partial charge < -0.3 is 9.47 Å². The van der Waals surface area contributed by atoms with Crippen molar-refractivity contribution in [1.82, 2.24) is 14.5 Å². The summed E-state index contributed by atoms with van der Waals surface area (Å²) in [6, 6.07) is 14.7. The van der Waals surface area contributed by atoms with Gasteiger partial charge in [0.2, 0.25) is 0 Å². The summed E-state index contributed by atoms with van der Waals surface area (Å²) in [6.07, 6.45) is 5.42. The van der Waals surface area contributed by atoms with Gasteiger partial charge in [0.25, 0.3) is 0 Å². The van der Waals surface area contributed by atoms with E-state index in [9.17, 15) is 4.39 Å². The number of aromatic nitrogens is 3. The molecule has 1 aliphatic heterocycles. The number of hydrogen-bond acceptors (Lipinski definition) is 3. The number of benzene rings is 2. The molecule has 0 atom stereocenters. The molecule has 2 aromatic carbocycles. The van der Waals surface area contributed by atoms with Gasteiger partial charge in [0.15, 0.2) is 0 Å². The van der Waals surface area contributed by atoms with Gasteiger partial charge in [0, 0.05) is 37.5 Å². The van der Waals surface area contributed by atoms with Crippen molar-refractivity contribution in [1.29, 1.82) is 0 Å². The SMILES string of the molecule is Cn1c(-c2cccc(F)c2)nc2ccc(-c3cc(N4CCCCC4)ncc3Cl)cc21. The second-order valence-corrected chi connectivity index (χ2v) is 8.19. The lowest BCUT2D eigenvalue weighted by atomic mass is 10.1. The number of aryl methyl sites for hydroxylation is 1. The summed E-state index contributed by atoms with van der Waals surface area (Å²) >= 11 is 6.53. The van der Waals surface area contributed by atoms with E-state index in [1.54, 1.807) is 12.3 Å². The Morgan fingerprint density at radius 1 is 0.967 bits per heavy atom. The monoisotopic (exact) mass is 420 g/mol. The highest BCUT2D eigenvalue weighted by atomic mass is 35.5. The van der Waals surface area contributed by atoms with Crippen LogP contribution in [0.1, 0.15) is 19.3 Å². The fourth-order valence-corrected chi connectivity index (χ4v) is 4.40. The van der Waals surface area contributed by atoms with Gasteiger partial charge in [-0.1, -0.05) is 29.8 Å². The molecule has 30 heavy (non-hydrogen) atoms. The Bertz CT molecular complexity index is 1230.